The van der Waals surface area contributed by atoms with Crippen LogP contribution in [-0.4, -0.2) is 71.4 Å². The van der Waals surface area contributed by atoms with Crippen LogP contribution in [0, 0.1) is 6.92 Å². The maximum atomic E-state index is 14.0. The largest absolute Gasteiger partial charge is 0.357 e. The van der Waals surface area contributed by atoms with Gasteiger partial charge >= 0.3 is 0 Å². The second-order valence-electron chi connectivity index (χ2n) is 9.11. The molecule has 1 aliphatic rings. The fourth-order valence-corrected chi connectivity index (χ4v) is 5.77. The Bertz CT molecular complexity index is 1630. The quantitative estimate of drug-likeness (QED) is 0.296. The van der Waals surface area contributed by atoms with Crippen molar-refractivity contribution in [2.45, 2.75) is 18.8 Å². The third kappa shape index (κ3) is 5.28. The summed E-state index contributed by atoms with van der Waals surface area (Å²) in [6, 6.07) is 12.9. The van der Waals surface area contributed by atoms with Crippen molar-refractivity contribution in [1.82, 2.24) is 29.7 Å². The maximum Gasteiger partial charge on any atom is 0.260 e. The average molecular weight is 554 g/mol. The van der Waals surface area contributed by atoms with E-state index in [1.54, 1.807) is 31.4 Å². The predicted molar refractivity (Wildman–Crippen MR) is 150 cm³/mol. The van der Waals surface area contributed by atoms with Gasteiger partial charge in [-0.2, -0.15) is 4.98 Å². The van der Waals surface area contributed by atoms with Gasteiger partial charge in [0.2, 0.25) is 5.95 Å². The fourth-order valence-electron chi connectivity index (χ4n) is 4.70. The van der Waals surface area contributed by atoms with Crippen LogP contribution >= 0.6 is 11.6 Å². The van der Waals surface area contributed by atoms with Crippen LogP contribution in [0.15, 0.2) is 53.5 Å². The van der Waals surface area contributed by atoms with Gasteiger partial charge in [0.05, 0.1) is 12.2 Å². The van der Waals surface area contributed by atoms with E-state index in [0.29, 0.717) is 59.3 Å². The Kier molecular flexibility index (Phi) is 7.70. The molecule has 198 valence electrons. The zero-order valence-corrected chi connectivity index (χ0v) is 22.7. The number of nitrogens with zero attached hydrogens (tertiary/aromatic N) is 5. The summed E-state index contributed by atoms with van der Waals surface area (Å²) in [6.07, 6.45) is 1.61. The molecule has 0 spiro atoms. The number of rotatable bonds is 7. The van der Waals surface area contributed by atoms with Crippen molar-refractivity contribution < 1.29 is 8.42 Å². The molecule has 10 nitrogen and oxygen atoms in total. The number of fused-ring (bicyclic) bond motifs is 1. The Morgan fingerprint density at radius 1 is 1.11 bits per heavy atom. The van der Waals surface area contributed by atoms with E-state index >= 15 is 0 Å². The molecule has 38 heavy (non-hydrogen) atoms. The molecule has 0 saturated carbocycles. The number of nitrogens with one attached hydrogen (secondary N) is 2. The lowest BCUT2D eigenvalue weighted by molar-refractivity contribution is 0.206. The molecule has 4 heterocycles. The topological polar surface area (TPSA) is 122 Å². The van der Waals surface area contributed by atoms with Crippen LogP contribution in [0.3, 0.4) is 0 Å². The van der Waals surface area contributed by atoms with Gasteiger partial charge in [-0.05, 0) is 31.2 Å². The Hall–Kier alpha value is -3.38. The van der Waals surface area contributed by atoms with Crippen LogP contribution in [0.5, 0.6) is 0 Å². The van der Waals surface area contributed by atoms with Crippen molar-refractivity contribution in [3.63, 3.8) is 0 Å². The van der Waals surface area contributed by atoms with Gasteiger partial charge in [-0.1, -0.05) is 29.8 Å². The minimum Gasteiger partial charge on any atom is -0.357 e. The Morgan fingerprint density at radius 3 is 2.58 bits per heavy atom. The molecule has 3 aromatic heterocycles. The Labute approximate surface area is 226 Å². The summed E-state index contributed by atoms with van der Waals surface area (Å²) in [5, 5.41) is 6.23. The number of benzene rings is 1. The number of hydrogen-bond donors (Lipinski definition) is 3. The number of aryl methyl sites for hydroxylation is 1. The van der Waals surface area contributed by atoms with Crippen molar-refractivity contribution in [3.05, 3.63) is 69.7 Å². The van der Waals surface area contributed by atoms with Crippen molar-refractivity contribution in [2.75, 3.05) is 38.5 Å². The molecule has 12 heteroatoms. The average Bonchev–Trinajstić information content (AvgIpc) is 2.92. The van der Waals surface area contributed by atoms with E-state index in [0.717, 1.165) is 17.0 Å². The number of pyridine rings is 2. The fraction of sp³-hybridized carbons (Fsp3) is 0.308. The van der Waals surface area contributed by atoms with E-state index in [1.165, 1.54) is 4.57 Å². The summed E-state index contributed by atoms with van der Waals surface area (Å²) in [6.45, 7) is 4.35. The first-order chi connectivity index (χ1) is 18.4. The standard InChI is InChI=1S/C26H28ClN7O3S/c1-16-4-3-5-22(31-16)17-6-7-19(21(27)13-17)20-12-18-14-30-26(28-2)32-24(18)34(25(20)35)15-23(38(36)37)33-10-8-29-9-11-33/h3-7,12-14,23,29,38H,8-11,15H2,1-2H3,(H,28,30,32). The summed E-state index contributed by atoms with van der Waals surface area (Å²) >= 11 is 6.73. The van der Waals surface area contributed by atoms with Crippen LogP contribution in [0.1, 0.15) is 5.69 Å². The molecule has 0 amide bonds. The van der Waals surface area contributed by atoms with Crippen LogP contribution in [-0.2, 0) is 17.2 Å². The van der Waals surface area contributed by atoms with Crippen LogP contribution < -0.4 is 16.2 Å². The molecule has 1 saturated heterocycles. The molecule has 0 bridgehead atoms. The third-order valence-corrected chi connectivity index (χ3v) is 7.95. The van der Waals surface area contributed by atoms with Crippen LogP contribution in [0.4, 0.5) is 5.95 Å². The summed E-state index contributed by atoms with van der Waals surface area (Å²) in [4.78, 5) is 29.2. The number of hydrogen-bond acceptors (Lipinski definition) is 9. The van der Waals surface area contributed by atoms with Crippen molar-refractivity contribution in [1.29, 1.82) is 0 Å². The lowest BCUT2D eigenvalue weighted by Crippen LogP contribution is -2.51. The first kappa shape index (κ1) is 26.2. The SMILES string of the molecule is CNc1ncc2cc(-c3ccc(-c4cccc(C)n4)cc3Cl)c(=O)n(CC(N3CCNCC3)[SH](=O)=O)c2n1. The highest BCUT2D eigenvalue weighted by Gasteiger charge is 2.26. The van der Waals surface area contributed by atoms with E-state index in [1.807, 2.05) is 36.1 Å². The summed E-state index contributed by atoms with van der Waals surface area (Å²) < 4.78 is 26.2. The van der Waals surface area contributed by atoms with Crippen LogP contribution in [0.25, 0.3) is 33.4 Å². The highest BCUT2D eigenvalue weighted by Crippen LogP contribution is 2.31. The van der Waals surface area contributed by atoms with E-state index in [-0.39, 0.29) is 12.1 Å². The predicted octanol–water partition coefficient (Wildman–Crippen LogP) is 2.37. The van der Waals surface area contributed by atoms with Crippen molar-refractivity contribution in [2.24, 2.45) is 0 Å². The van der Waals surface area contributed by atoms with E-state index in [4.69, 9.17) is 11.6 Å². The number of piperazine rings is 1. The molecular weight excluding hydrogens is 526 g/mol. The summed E-state index contributed by atoms with van der Waals surface area (Å²) in [5.41, 5.74) is 3.34. The minimum absolute atomic E-state index is 0.0645. The van der Waals surface area contributed by atoms with Crippen molar-refractivity contribution >= 4 is 39.3 Å². The molecule has 0 radical (unpaired) electrons. The number of thiol groups is 1. The minimum atomic E-state index is -2.85. The molecule has 1 unspecified atom stereocenters. The Morgan fingerprint density at radius 2 is 1.89 bits per heavy atom. The smallest absolute Gasteiger partial charge is 0.260 e. The van der Waals surface area contributed by atoms with Gasteiger partial charge < -0.3 is 10.6 Å². The maximum absolute atomic E-state index is 14.0. The molecule has 2 N–H and O–H groups in total. The Balaban J connectivity index is 1.65. The number of aromatic nitrogens is 4. The highest BCUT2D eigenvalue weighted by atomic mass is 35.5. The first-order valence-corrected chi connectivity index (χ1v) is 13.9. The lowest BCUT2D eigenvalue weighted by atomic mass is 10.0. The molecule has 4 aromatic rings. The van der Waals surface area contributed by atoms with Gasteiger partial charge in [-0.15, -0.1) is 0 Å². The zero-order chi connectivity index (χ0) is 26.8. The van der Waals surface area contributed by atoms with Gasteiger partial charge in [0.1, 0.15) is 11.0 Å². The molecule has 1 fully saturated rings. The molecule has 5 rings (SSSR count). The van der Waals surface area contributed by atoms with E-state index in [2.05, 4.69) is 25.6 Å². The zero-order valence-electron chi connectivity index (χ0n) is 21.0. The first-order valence-electron chi connectivity index (χ1n) is 12.3. The van der Waals surface area contributed by atoms with Gasteiger partial charge in [-0.3, -0.25) is 19.2 Å². The lowest BCUT2D eigenvalue weighted by Gasteiger charge is -2.32. The second kappa shape index (κ2) is 11.2. The number of anilines is 1. The van der Waals surface area contributed by atoms with Gasteiger partial charge in [0, 0.05) is 72.2 Å². The molecular formula is C26H28ClN7O3S. The summed E-state index contributed by atoms with van der Waals surface area (Å²) in [5.74, 6) is 0.330. The number of halogens is 1. The molecule has 1 aliphatic heterocycles. The monoisotopic (exact) mass is 553 g/mol. The second-order valence-corrected chi connectivity index (χ2v) is 10.7. The van der Waals surface area contributed by atoms with Gasteiger partial charge in [0.25, 0.3) is 5.56 Å². The molecule has 1 aromatic carbocycles. The normalized spacial score (nSPS) is 15.2. The third-order valence-electron chi connectivity index (χ3n) is 6.66. The van der Waals surface area contributed by atoms with Gasteiger partial charge in [-0.25, -0.2) is 13.4 Å². The van der Waals surface area contributed by atoms with E-state index < -0.39 is 16.1 Å². The van der Waals surface area contributed by atoms with Gasteiger partial charge in [0.15, 0.2) is 10.7 Å². The van der Waals surface area contributed by atoms with E-state index in [9.17, 15) is 13.2 Å². The van der Waals surface area contributed by atoms with Crippen molar-refractivity contribution in [3.8, 4) is 22.4 Å². The van der Waals surface area contributed by atoms with Crippen LogP contribution in [0.2, 0.25) is 5.02 Å². The molecule has 1 atom stereocenters. The summed E-state index contributed by atoms with van der Waals surface area (Å²) in [7, 11) is -1.17. The highest BCUT2D eigenvalue weighted by molar-refractivity contribution is 7.73. The molecule has 0 aliphatic carbocycles.